The van der Waals surface area contributed by atoms with Crippen LogP contribution in [0.1, 0.15) is 12.5 Å². The van der Waals surface area contributed by atoms with Gasteiger partial charge in [-0.25, -0.2) is 15.0 Å². The summed E-state index contributed by atoms with van der Waals surface area (Å²) >= 11 is 0. The molecule has 0 radical (unpaired) electrons. The van der Waals surface area contributed by atoms with Crippen LogP contribution in [0.15, 0.2) is 54.9 Å². The summed E-state index contributed by atoms with van der Waals surface area (Å²) in [4.78, 5) is 13.7. The average Bonchev–Trinajstić information content (AvgIpc) is 2.95. The van der Waals surface area contributed by atoms with Gasteiger partial charge in [0.25, 0.3) is 0 Å². The van der Waals surface area contributed by atoms with Gasteiger partial charge in [0.1, 0.15) is 6.33 Å². The minimum atomic E-state index is 0.680. The Morgan fingerprint density at radius 1 is 0.905 bits per heavy atom. The van der Waals surface area contributed by atoms with Crippen molar-refractivity contribution in [2.24, 2.45) is 0 Å². The van der Waals surface area contributed by atoms with E-state index < -0.39 is 0 Å². The van der Waals surface area contributed by atoms with Crippen LogP contribution in [0, 0.1) is 0 Å². The Kier molecular flexibility index (Phi) is 2.67. The van der Waals surface area contributed by atoms with Crippen LogP contribution < -0.4 is 0 Å². The third-order valence-corrected chi connectivity index (χ3v) is 3.69. The number of rotatable bonds is 2. The second-order valence-electron chi connectivity index (χ2n) is 4.96. The summed E-state index contributed by atoms with van der Waals surface area (Å²) in [5.74, 6) is 0. The number of imidazole rings is 1. The molecule has 21 heavy (non-hydrogen) atoms. The van der Waals surface area contributed by atoms with Crippen LogP contribution in [0.4, 0.5) is 0 Å². The van der Waals surface area contributed by atoms with Crippen LogP contribution >= 0.6 is 0 Å². The Hall–Kier alpha value is -2.75. The maximum atomic E-state index is 4.73. The number of nitrogens with zero attached hydrogens (tertiary/aromatic N) is 4. The second kappa shape index (κ2) is 4.66. The third kappa shape index (κ3) is 1.88. The first-order valence-corrected chi connectivity index (χ1v) is 7.05. The van der Waals surface area contributed by atoms with Crippen molar-refractivity contribution in [3.05, 3.63) is 60.4 Å². The van der Waals surface area contributed by atoms with Gasteiger partial charge in [0.2, 0.25) is 0 Å². The fourth-order valence-electron chi connectivity index (χ4n) is 2.62. The minimum absolute atomic E-state index is 0.680. The van der Waals surface area contributed by atoms with E-state index in [0.717, 1.165) is 28.8 Å². The Morgan fingerprint density at radius 2 is 1.62 bits per heavy atom. The van der Waals surface area contributed by atoms with E-state index in [1.807, 2.05) is 34.9 Å². The SMILES string of the molecule is CCc1ccccc1-n1cnc2nc3ccccc3nc21. The summed E-state index contributed by atoms with van der Waals surface area (Å²) in [6.45, 7) is 2.15. The van der Waals surface area contributed by atoms with Gasteiger partial charge in [0.15, 0.2) is 11.3 Å². The molecular weight excluding hydrogens is 260 g/mol. The lowest BCUT2D eigenvalue weighted by Crippen LogP contribution is -1.99. The first-order valence-electron chi connectivity index (χ1n) is 7.05. The van der Waals surface area contributed by atoms with Crippen molar-refractivity contribution in [1.29, 1.82) is 0 Å². The molecule has 0 spiro atoms. The molecule has 102 valence electrons. The standard InChI is InChI=1S/C17H14N4/c1-2-12-7-3-6-10-15(12)21-11-18-16-17(21)20-14-9-5-4-8-13(14)19-16/h3-11H,2H2,1H3. The van der Waals surface area contributed by atoms with E-state index in [1.54, 1.807) is 6.33 Å². The number of fused-ring (bicyclic) bond motifs is 2. The smallest absolute Gasteiger partial charge is 0.198 e. The molecule has 0 fully saturated rings. The van der Waals surface area contributed by atoms with Gasteiger partial charge in [-0.05, 0) is 30.2 Å². The van der Waals surface area contributed by atoms with Gasteiger partial charge >= 0.3 is 0 Å². The van der Waals surface area contributed by atoms with Crippen molar-refractivity contribution in [2.75, 3.05) is 0 Å². The average molecular weight is 274 g/mol. The summed E-state index contributed by atoms with van der Waals surface area (Å²) in [6.07, 6.45) is 2.77. The summed E-state index contributed by atoms with van der Waals surface area (Å²) < 4.78 is 2.02. The Morgan fingerprint density at radius 3 is 2.43 bits per heavy atom. The number of aromatic nitrogens is 4. The number of hydrogen-bond donors (Lipinski definition) is 0. The summed E-state index contributed by atoms with van der Waals surface area (Å²) in [6, 6.07) is 16.2. The Bertz CT molecular complexity index is 940. The Labute approximate surface area is 122 Å². The van der Waals surface area contributed by atoms with Crippen LogP contribution in [0.5, 0.6) is 0 Å². The molecule has 4 heteroatoms. The number of benzene rings is 2. The lowest BCUT2D eigenvalue weighted by molar-refractivity contribution is 1.02. The predicted octanol–water partition coefficient (Wildman–Crippen LogP) is 3.53. The molecule has 0 N–H and O–H groups in total. The lowest BCUT2D eigenvalue weighted by atomic mass is 10.1. The highest BCUT2D eigenvalue weighted by molar-refractivity contribution is 5.83. The van der Waals surface area contributed by atoms with E-state index in [9.17, 15) is 0 Å². The van der Waals surface area contributed by atoms with Crippen LogP contribution in [0.25, 0.3) is 28.0 Å². The predicted molar refractivity (Wildman–Crippen MR) is 83.5 cm³/mol. The molecule has 0 atom stereocenters. The minimum Gasteiger partial charge on any atom is -0.282 e. The molecule has 4 aromatic rings. The number of para-hydroxylation sites is 3. The summed E-state index contributed by atoms with van der Waals surface area (Å²) in [7, 11) is 0. The van der Waals surface area contributed by atoms with Gasteiger partial charge in [-0.1, -0.05) is 37.3 Å². The van der Waals surface area contributed by atoms with E-state index in [2.05, 4.69) is 35.1 Å². The van der Waals surface area contributed by atoms with Crippen molar-refractivity contribution < 1.29 is 0 Å². The number of aryl methyl sites for hydroxylation is 1. The van der Waals surface area contributed by atoms with E-state index >= 15 is 0 Å². The Balaban J connectivity index is 2.03. The molecule has 2 heterocycles. The van der Waals surface area contributed by atoms with Crippen molar-refractivity contribution in [3.63, 3.8) is 0 Å². The summed E-state index contributed by atoms with van der Waals surface area (Å²) in [5, 5.41) is 0. The normalized spacial score (nSPS) is 11.3. The van der Waals surface area contributed by atoms with Crippen LogP contribution in [0.2, 0.25) is 0 Å². The van der Waals surface area contributed by atoms with Crippen LogP contribution in [-0.2, 0) is 6.42 Å². The molecule has 0 aliphatic rings. The van der Waals surface area contributed by atoms with E-state index in [0.29, 0.717) is 5.65 Å². The van der Waals surface area contributed by atoms with Gasteiger partial charge in [-0.15, -0.1) is 0 Å². The molecule has 0 amide bonds. The largest absolute Gasteiger partial charge is 0.282 e. The molecule has 2 aromatic heterocycles. The zero-order valence-electron chi connectivity index (χ0n) is 11.7. The second-order valence-corrected chi connectivity index (χ2v) is 4.96. The molecule has 2 aromatic carbocycles. The first-order chi connectivity index (χ1) is 10.4. The van der Waals surface area contributed by atoms with Crippen molar-refractivity contribution >= 4 is 22.3 Å². The summed E-state index contributed by atoms with van der Waals surface area (Å²) in [5.41, 5.74) is 5.63. The third-order valence-electron chi connectivity index (χ3n) is 3.69. The van der Waals surface area contributed by atoms with Gasteiger partial charge in [-0.2, -0.15) is 0 Å². The first kappa shape index (κ1) is 12.0. The van der Waals surface area contributed by atoms with Crippen LogP contribution in [0.3, 0.4) is 0 Å². The topological polar surface area (TPSA) is 43.6 Å². The number of hydrogen-bond acceptors (Lipinski definition) is 3. The van der Waals surface area contributed by atoms with Crippen molar-refractivity contribution in [1.82, 2.24) is 19.5 Å². The van der Waals surface area contributed by atoms with Gasteiger partial charge < -0.3 is 0 Å². The van der Waals surface area contributed by atoms with E-state index in [4.69, 9.17) is 4.98 Å². The molecule has 0 aliphatic heterocycles. The maximum Gasteiger partial charge on any atom is 0.198 e. The van der Waals surface area contributed by atoms with Gasteiger partial charge in [0.05, 0.1) is 16.7 Å². The fourth-order valence-corrected chi connectivity index (χ4v) is 2.62. The molecule has 0 saturated carbocycles. The molecule has 0 aliphatic carbocycles. The lowest BCUT2D eigenvalue weighted by Gasteiger charge is -2.09. The highest BCUT2D eigenvalue weighted by Crippen LogP contribution is 2.21. The molecule has 0 bridgehead atoms. The highest BCUT2D eigenvalue weighted by atomic mass is 15.1. The maximum absolute atomic E-state index is 4.73. The van der Waals surface area contributed by atoms with Gasteiger partial charge in [0, 0.05) is 0 Å². The molecule has 0 unspecified atom stereocenters. The molecule has 4 nitrogen and oxygen atoms in total. The zero-order valence-corrected chi connectivity index (χ0v) is 11.7. The fraction of sp³-hybridized carbons (Fsp3) is 0.118. The molecular formula is C17H14N4. The monoisotopic (exact) mass is 274 g/mol. The van der Waals surface area contributed by atoms with E-state index in [-0.39, 0.29) is 0 Å². The highest BCUT2D eigenvalue weighted by Gasteiger charge is 2.11. The molecule has 0 saturated heterocycles. The zero-order chi connectivity index (χ0) is 14.2. The van der Waals surface area contributed by atoms with Crippen LogP contribution in [-0.4, -0.2) is 19.5 Å². The van der Waals surface area contributed by atoms with E-state index in [1.165, 1.54) is 5.56 Å². The quantitative estimate of drug-likeness (QED) is 0.561. The van der Waals surface area contributed by atoms with Crippen molar-refractivity contribution in [3.8, 4) is 5.69 Å². The van der Waals surface area contributed by atoms with Crippen molar-refractivity contribution in [2.45, 2.75) is 13.3 Å². The molecule has 4 rings (SSSR count). The van der Waals surface area contributed by atoms with Gasteiger partial charge in [-0.3, -0.25) is 4.57 Å².